The molecule has 1 aromatic carbocycles. The maximum absolute atomic E-state index is 12.0. The Balaban J connectivity index is 1.49. The Morgan fingerprint density at radius 1 is 1.24 bits per heavy atom. The number of aryl methyl sites for hydroxylation is 2. The molecular weight excluding hydrogens is 396 g/mol. The number of fused-ring (bicyclic) bond motifs is 1. The number of aromatic nitrogens is 4. The number of amides is 1. The minimum absolute atomic E-state index is 0.108. The number of carbonyl (C=O) groups excluding carboxylic acids is 2. The van der Waals surface area contributed by atoms with Gasteiger partial charge in [-0.2, -0.15) is 9.50 Å². The first kappa shape index (κ1) is 20.5. The molecule has 0 radical (unpaired) electrons. The molecule has 0 saturated carbocycles. The molecule has 3 rings (SSSR count). The van der Waals surface area contributed by atoms with Crippen LogP contribution >= 0.6 is 11.6 Å². The van der Waals surface area contributed by atoms with Crippen molar-refractivity contribution in [2.45, 2.75) is 33.2 Å². The molecule has 10 heteroatoms. The van der Waals surface area contributed by atoms with Gasteiger partial charge in [-0.05, 0) is 37.5 Å². The van der Waals surface area contributed by atoms with E-state index in [-0.39, 0.29) is 25.5 Å². The molecule has 152 valence electrons. The summed E-state index contributed by atoms with van der Waals surface area (Å²) >= 11 is 6.04. The zero-order valence-corrected chi connectivity index (χ0v) is 16.9. The Bertz CT molecular complexity index is 1070. The highest BCUT2D eigenvalue weighted by molar-refractivity contribution is 6.31. The topological polar surface area (TPSA) is 124 Å². The number of nitrogens with one attached hydrogen (secondary N) is 1. The quantitative estimate of drug-likeness (QED) is 0.562. The first-order chi connectivity index (χ1) is 13.8. The Labute approximate surface area is 172 Å². The highest BCUT2D eigenvalue weighted by atomic mass is 35.5. The first-order valence-corrected chi connectivity index (χ1v) is 9.37. The monoisotopic (exact) mass is 416 g/mol. The zero-order valence-electron chi connectivity index (χ0n) is 16.1. The lowest BCUT2D eigenvalue weighted by atomic mass is 10.1. The maximum atomic E-state index is 12.0. The van der Waals surface area contributed by atoms with Crippen LogP contribution in [-0.2, 0) is 27.3 Å². The smallest absolute Gasteiger partial charge is 0.306 e. The van der Waals surface area contributed by atoms with Crippen LogP contribution in [0.5, 0.6) is 0 Å². The Morgan fingerprint density at radius 3 is 2.76 bits per heavy atom. The zero-order chi connectivity index (χ0) is 21.0. The van der Waals surface area contributed by atoms with Crippen molar-refractivity contribution < 1.29 is 14.3 Å². The van der Waals surface area contributed by atoms with Gasteiger partial charge in [0.05, 0.1) is 0 Å². The molecular formula is C19H21ClN6O3. The molecule has 0 spiro atoms. The van der Waals surface area contributed by atoms with Crippen LogP contribution in [0.3, 0.4) is 0 Å². The summed E-state index contributed by atoms with van der Waals surface area (Å²) in [6.07, 6.45) is 0.511. The molecule has 2 heterocycles. The van der Waals surface area contributed by atoms with Crippen molar-refractivity contribution in [2.75, 3.05) is 12.3 Å². The van der Waals surface area contributed by atoms with Gasteiger partial charge in [0.25, 0.3) is 11.7 Å². The number of esters is 1. The van der Waals surface area contributed by atoms with E-state index < -0.39 is 11.9 Å². The van der Waals surface area contributed by atoms with Gasteiger partial charge in [-0.3, -0.25) is 9.59 Å². The summed E-state index contributed by atoms with van der Waals surface area (Å²) in [5, 5.41) is 7.33. The fourth-order valence-corrected chi connectivity index (χ4v) is 3.12. The minimum Gasteiger partial charge on any atom is -0.456 e. The SMILES string of the molecule is Cc1nc2nc(N)nn2c(C)c1CCC(=O)OCC(=O)NCc1ccccc1Cl. The Kier molecular flexibility index (Phi) is 6.28. The number of halogens is 1. The third-order valence-corrected chi connectivity index (χ3v) is 4.81. The number of rotatable bonds is 7. The summed E-state index contributed by atoms with van der Waals surface area (Å²) in [4.78, 5) is 32.3. The van der Waals surface area contributed by atoms with Crippen molar-refractivity contribution in [3.63, 3.8) is 0 Å². The van der Waals surface area contributed by atoms with Crippen molar-refractivity contribution in [3.05, 3.63) is 51.8 Å². The van der Waals surface area contributed by atoms with E-state index >= 15 is 0 Å². The van der Waals surface area contributed by atoms with Gasteiger partial charge in [0.2, 0.25) is 5.95 Å². The number of nitrogen functional groups attached to an aromatic ring is 1. The molecule has 3 aromatic rings. The van der Waals surface area contributed by atoms with Crippen LogP contribution in [-0.4, -0.2) is 38.1 Å². The van der Waals surface area contributed by atoms with Crippen molar-refractivity contribution in [3.8, 4) is 0 Å². The Hall–Kier alpha value is -3.20. The lowest BCUT2D eigenvalue weighted by Crippen LogP contribution is -2.28. The van der Waals surface area contributed by atoms with Crippen molar-refractivity contribution >= 4 is 35.2 Å². The van der Waals surface area contributed by atoms with Crippen LogP contribution < -0.4 is 11.1 Å². The number of benzene rings is 1. The van der Waals surface area contributed by atoms with E-state index in [1.165, 1.54) is 0 Å². The number of ether oxygens (including phenoxy) is 1. The van der Waals surface area contributed by atoms with E-state index in [4.69, 9.17) is 22.1 Å². The molecule has 3 N–H and O–H groups in total. The first-order valence-electron chi connectivity index (χ1n) is 8.99. The van der Waals surface area contributed by atoms with Crippen molar-refractivity contribution in [1.82, 2.24) is 24.9 Å². The summed E-state index contributed by atoms with van der Waals surface area (Å²) in [5.74, 6) is -0.319. The molecule has 0 unspecified atom stereocenters. The normalized spacial score (nSPS) is 10.9. The van der Waals surface area contributed by atoms with E-state index in [0.717, 1.165) is 22.5 Å². The third kappa shape index (κ3) is 5.00. The predicted octanol–water partition coefficient (Wildman–Crippen LogP) is 1.77. The minimum atomic E-state index is -0.477. The second-order valence-corrected chi connectivity index (χ2v) is 6.88. The van der Waals surface area contributed by atoms with E-state index in [1.54, 1.807) is 10.6 Å². The van der Waals surface area contributed by atoms with Gasteiger partial charge in [-0.1, -0.05) is 29.8 Å². The second-order valence-electron chi connectivity index (χ2n) is 6.47. The highest BCUT2D eigenvalue weighted by Gasteiger charge is 2.15. The molecule has 0 aliphatic carbocycles. The van der Waals surface area contributed by atoms with Crippen LogP contribution in [0.4, 0.5) is 5.95 Å². The summed E-state index contributed by atoms with van der Waals surface area (Å²) in [5.41, 5.74) is 8.82. The highest BCUT2D eigenvalue weighted by Crippen LogP contribution is 2.16. The lowest BCUT2D eigenvalue weighted by molar-refractivity contribution is -0.148. The van der Waals surface area contributed by atoms with Crippen LogP contribution in [0.15, 0.2) is 24.3 Å². The number of anilines is 1. The average Bonchev–Trinajstić information content (AvgIpc) is 3.05. The van der Waals surface area contributed by atoms with Gasteiger partial charge in [0.1, 0.15) is 0 Å². The molecule has 9 nitrogen and oxygen atoms in total. The van der Waals surface area contributed by atoms with Gasteiger partial charge >= 0.3 is 5.97 Å². The van der Waals surface area contributed by atoms with Crippen molar-refractivity contribution in [1.29, 1.82) is 0 Å². The largest absolute Gasteiger partial charge is 0.456 e. The lowest BCUT2D eigenvalue weighted by Gasteiger charge is -2.10. The molecule has 0 saturated heterocycles. The van der Waals surface area contributed by atoms with E-state index in [9.17, 15) is 9.59 Å². The van der Waals surface area contributed by atoms with Gasteiger partial charge in [0.15, 0.2) is 6.61 Å². The van der Waals surface area contributed by atoms with Crippen LogP contribution in [0.25, 0.3) is 5.78 Å². The Morgan fingerprint density at radius 2 is 2.00 bits per heavy atom. The fourth-order valence-electron chi connectivity index (χ4n) is 2.92. The average molecular weight is 417 g/mol. The van der Waals surface area contributed by atoms with E-state index in [0.29, 0.717) is 17.2 Å². The predicted molar refractivity (Wildman–Crippen MR) is 107 cm³/mol. The molecule has 0 aliphatic rings. The molecule has 0 atom stereocenters. The number of nitrogens with zero attached hydrogens (tertiary/aromatic N) is 4. The van der Waals surface area contributed by atoms with Crippen LogP contribution in [0.1, 0.15) is 28.9 Å². The van der Waals surface area contributed by atoms with Gasteiger partial charge in [-0.25, -0.2) is 4.98 Å². The van der Waals surface area contributed by atoms with Gasteiger partial charge in [0, 0.05) is 29.4 Å². The number of hydrogen-bond donors (Lipinski definition) is 2. The van der Waals surface area contributed by atoms with E-state index in [2.05, 4.69) is 20.4 Å². The van der Waals surface area contributed by atoms with Gasteiger partial charge in [-0.15, -0.1) is 5.10 Å². The summed E-state index contributed by atoms with van der Waals surface area (Å²) in [7, 11) is 0. The van der Waals surface area contributed by atoms with Crippen LogP contribution in [0.2, 0.25) is 5.02 Å². The van der Waals surface area contributed by atoms with E-state index in [1.807, 2.05) is 32.0 Å². The summed E-state index contributed by atoms with van der Waals surface area (Å²) in [6.45, 7) is 3.61. The standard InChI is InChI=1S/C19H21ClN6O3/c1-11-14(12(2)26-19(23-11)24-18(21)25-26)7-8-17(28)29-10-16(27)22-9-13-5-3-4-6-15(13)20/h3-6H,7-10H2,1-2H3,(H2,21,25)(H,22,27). The third-order valence-electron chi connectivity index (χ3n) is 4.44. The molecule has 29 heavy (non-hydrogen) atoms. The summed E-state index contributed by atoms with van der Waals surface area (Å²) in [6, 6.07) is 7.20. The number of hydrogen-bond acceptors (Lipinski definition) is 7. The number of carbonyl (C=O) groups is 2. The molecule has 0 bridgehead atoms. The fraction of sp³-hybridized carbons (Fsp3) is 0.316. The second kappa shape index (κ2) is 8.87. The molecule has 2 aromatic heterocycles. The maximum Gasteiger partial charge on any atom is 0.306 e. The van der Waals surface area contributed by atoms with Crippen molar-refractivity contribution in [2.24, 2.45) is 0 Å². The summed E-state index contributed by atoms with van der Waals surface area (Å²) < 4.78 is 6.60. The number of nitrogens with two attached hydrogens (primary N) is 1. The van der Waals surface area contributed by atoms with Crippen LogP contribution in [0, 0.1) is 13.8 Å². The molecule has 1 amide bonds. The molecule has 0 fully saturated rings. The van der Waals surface area contributed by atoms with Gasteiger partial charge < -0.3 is 15.8 Å². The molecule has 0 aliphatic heterocycles.